The molecule has 3 aromatic heterocycles. The fraction of sp³-hybridized carbons (Fsp3) is 0.0909. The van der Waals surface area contributed by atoms with Gasteiger partial charge in [0.05, 0.1) is 18.4 Å². The first-order valence-electron chi connectivity index (χ1n) is 8.97. The van der Waals surface area contributed by atoms with Crippen molar-refractivity contribution in [2.75, 3.05) is 5.32 Å². The van der Waals surface area contributed by atoms with Gasteiger partial charge in [-0.15, -0.1) is 0 Å². The van der Waals surface area contributed by atoms with E-state index in [4.69, 9.17) is 0 Å². The second kappa shape index (κ2) is 6.49. The third-order valence-electron chi connectivity index (χ3n) is 4.89. The number of fused-ring (bicyclic) bond motifs is 2. The van der Waals surface area contributed by atoms with Gasteiger partial charge in [0.1, 0.15) is 11.5 Å². The predicted molar refractivity (Wildman–Crippen MR) is 108 cm³/mol. The predicted octanol–water partition coefficient (Wildman–Crippen LogP) is 4.51. The summed E-state index contributed by atoms with van der Waals surface area (Å²) in [6, 6.07) is 13.3. The summed E-state index contributed by atoms with van der Waals surface area (Å²) in [6.45, 7) is 2.52. The molecule has 4 heterocycles. The van der Waals surface area contributed by atoms with E-state index in [-0.39, 0.29) is 5.82 Å². The van der Waals surface area contributed by atoms with Crippen LogP contribution in [0.3, 0.4) is 0 Å². The Kier molecular flexibility index (Phi) is 3.83. The molecule has 0 unspecified atom stereocenters. The van der Waals surface area contributed by atoms with Crippen LogP contribution < -0.4 is 5.32 Å². The Bertz CT molecular complexity index is 1250. The molecule has 0 fully saturated rings. The van der Waals surface area contributed by atoms with Gasteiger partial charge in [0, 0.05) is 45.7 Å². The highest BCUT2D eigenvalue weighted by Gasteiger charge is 2.18. The first-order valence-corrected chi connectivity index (χ1v) is 8.97. The summed E-state index contributed by atoms with van der Waals surface area (Å²) in [4.78, 5) is 17.6. The molecule has 0 atom stereocenters. The van der Waals surface area contributed by atoms with Gasteiger partial charge in [-0.1, -0.05) is 12.1 Å². The largest absolute Gasteiger partial charge is 0.339 e. The maximum atomic E-state index is 14.6. The number of nitrogens with zero attached hydrogens (tertiary/aromatic N) is 4. The van der Waals surface area contributed by atoms with E-state index in [1.807, 2.05) is 43.3 Å². The van der Waals surface area contributed by atoms with Gasteiger partial charge in [-0.3, -0.25) is 19.9 Å². The SMILES string of the molecule is Cc1ncccc1-c1ncc(F)c2cc(NC3=NCc4cccnc43)ccc12. The van der Waals surface area contributed by atoms with E-state index in [9.17, 15) is 4.39 Å². The van der Waals surface area contributed by atoms with Crippen LogP contribution in [0, 0.1) is 12.7 Å². The Labute approximate surface area is 161 Å². The van der Waals surface area contributed by atoms with Crippen molar-refractivity contribution in [2.24, 2.45) is 4.99 Å². The summed E-state index contributed by atoms with van der Waals surface area (Å²) in [5.74, 6) is 0.337. The van der Waals surface area contributed by atoms with E-state index in [0.717, 1.165) is 39.3 Å². The topological polar surface area (TPSA) is 63.1 Å². The quantitative estimate of drug-likeness (QED) is 0.565. The molecule has 6 heteroatoms. The summed E-state index contributed by atoms with van der Waals surface area (Å²) < 4.78 is 14.6. The van der Waals surface area contributed by atoms with Gasteiger partial charge in [0.15, 0.2) is 5.84 Å². The van der Waals surface area contributed by atoms with Crippen molar-refractivity contribution in [1.29, 1.82) is 0 Å². The van der Waals surface area contributed by atoms with Gasteiger partial charge >= 0.3 is 0 Å². The molecule has 5 nitrogen and oxygen atoms in total. The molecular weight excluding hydrogens is 353 g/mol. The number of amidine groups is 1. The molecule has 1 aliphatic rings. The number of pyridine rings is 3. The number of aromatic nitrogens is 3. The Hall–Kier alpha value is -3.67. The Morgan fingerprint density at radius 3 is 2.68 bits per heavy atom. The first kappa shape index (κ1) is 16.5. The van der Waals surface area contributed by atoms with Crippen molar-refractivity contribution in [3.05, 3.63) is 83.8 Å². The molecule has 0 saturated carbocycles. The monoisotopic (exact) mass is 369 g/mol. The fourth-order valence-corrected chi connectivity index (χ4v) is 3.49. The van der Waals surface area contributed by atoms with Gasteiger partial charge in [-0.2, -0.15) is 0 Å². The second-order valence-electron chi connectivity index (χ2n) is 6.65. The summed E-state index contributed by atoms with van der Waals surface area (Å²) in [5.41, 5.74) is 5.14. The highest BCUT2D eigenvalue weighted by atomic mass is 19.1. The third-order valence-corrected chi connectivity index (χ3v) is 4.89. The normalized spacial score (nSPS) is 12.7. The smallest absolute Gasteiger partial charge is 0.152 e. The van der Waals surface area contributed by atoms with Gasteiger partial charge in [0.2, 0.25) is 0 Å². The number of rotatable bonds is 2. The second-order valence-corrected chi connectivity index (χ2v) is 6.65. The maximum absolute atomic E-state index is 14.6. The van der Waals surface area contributed by atoms with Crippen LogP contribution in [-0.2, 0) is 6.54 Å². The minimum atomic E-state index is -0.365. The number of nitrogens with one attached hydrogen (secondary N) is 1. The van der Waals surface area contributed by atoms with Crippen molar-refractivity contribution in [3.8, 4) is 11.3 Å². The highest BCUT2D eigenvalue weighted by molar-refractivity contribution is 6.10. The molecule has 5 rings (SSSR count). The number of benzene rings is 1. The molecule has 136 valence electrons. The van der Waals surface area contributed by atoms with E-state index in [1.54, 1.807) is 18.5 Å². The van der Waals surface area contributed by atoms with Crippen molar-refractivity contribution in [3.63, 3.8) is 0 Å². The van der Waals surface area contributed by atoms with Gasteiger partial charge < -0.3 is 5.32 Å². The molecule has 0 amide bonds. The third kappa shape index (κ3) is 2.70. The van der Waals surface area contributed by atoms with Crippen molar-refractivity contribution < 1.29 is 4.39 Å². The number of halogens is 1. The van der Waals surface area contributed by atoms with Crippen LogP contribution in [0.1, 0.15) is 17.0 Å². The van der Waals surface area contributed by atoms with Gasteiger partial charge in [0.25, 0.3) is 0 Å². The van der Waals surface area contributed by atoms with Crippen LogP contribution in [0.4, 0.5) is 10.1 Å². The fourth-order valence-electron chi connectivity index (χ4n) is 3.49. The average Bonchev–Trinajstić information content (AvgIpc) is 3.12. The average molecular weight is 369 g/mol. The number of aliphatic imine (C=N–C) groups is 1. The molecule has 1 aromatic carbocycles. The molecule has 0 radical (unpaired) electrons. The molecule has 1 aliphatic heterocycles. The summed E-state index contributed by atoms with van der Waals surface area (Å²) >= 11 is 0. The van der Waals surface area contributed by atoms with Crippen LogP contribution in [0.5, 0.6) is 0 Å². The zero-order valence-corrected chi connectivity index (χ0v) is 15.1. The minimum Gasteiger partial charge on any atom is -0.339 e. The molecule has 0 spiro atoms. The summed E-state index contributed by atoms with van der Waals surface area (Å²) in [5, 5.41) is 4.52. The van der Waals surface area contributed by atoms with E-state index < -0.39 is 0 Å². The van der Waals surface area contributed by atoms with Crippen molar-refractivity contribution in [1.82, 2.24) is 15.0 Å². The van der Waals surface area contributed by atoms with E-state index in [1.165, 1.54) is 6.20 Å². The zero-order chi connectivity index (χ0) is 19.1. The van der Waals surface area contributed by atoms with E-state index >= 15 is 0 Å². The molecule has 0 saturated heterocycles. The summed E-state index contributed by atoms with van der Waals surface area (Å²) in [7, 11) is 0. The zero-order valence-electron chi connectivity index (χ0n) is 15.1. The lowest BCUT2D eigenvalue weighted by molar-refractivity contribution is 0.634. The molecule has 0 bridgehead atoms. The summed E-state index contributed by atoms with van der Waals surface area (Å²) in [6.07, 6.45) is 4.74. The maximum Gasteiger partial charge on any atom is 0.152 e. The lowest BCUT2D eigenvalue weighted by atomic mass is 10.0. The lowest BCUT2D eigenvalue weighted by Crippen LogP contribution is -2.13. The molecule has 0 aliphatic carbocycles. The first-order chi connectivity index (χ1) is 13.7. The Balaban J connectivity index is 1.57. The van der Waals surface area contributed by atoms with Crippen molar-refractivity contribution in [2.45, 2.75) is 13.5 Å². The number of anilines is 1. The van der Waals surface area contributed by atoms with E-state index in [0.29, 0.717) is 17.8 Å². The molecule has 1 N–H and O–H groups in total. The lowest BCUT2D eigenvalue weighted by Gasteiger charge is -2.12. The minimum absolute atomic E-state index is 0.365. The van der Waals surface area contributed by atoms with Crippen LogP contribution in [-0.4, -0.2) is 20.8 Å². The van der Waals surface area contributed by atoms with Crippen molar-refractivity contribution >= 4 is 22.3 Å². The standard InChI is InChI=1S/C22H16FN5/c1-13-16(5-3-8-24-13)21-17-7-6-15(10-18(17)19(23)12-26-21)28-22-20-14(11-27-22)4-2-9-25-20/h2-10,12H,11H2,1H3,(H,27,28). The number of aryl methyl sites for hydroxylation is 1. The van der Waals surface area contributed by atoms with Crippen LogP contribution in [0.2, 0.25) is 0 Å². The Morgan fingerprint density at radius 2 is 1.79 bits per heavy atom. The number of hydrogen-bond donors (Lipinski definition) is 1. The Morgan fingerprint density at radius 1 is 0.929 bits per heavy atom. The number of hydrogen-bond acceptors (Lipinski definition) is 5. The molecule has 28 heavy (non-hydrogen) atoms. The van der Waals surface area contributed by atoms with Crippen LogP contribution >= 0.6 is 0 Å². The van der Waals surface area contributed by atoms with Crippen LogP contribution in [0.15, 0.2) is 66.0 Å². The van der Waals surface area contributed by atoms with Crippen LogP contribution in [0.25, 0.3) is 22.0 Å². The van der Waals surface area contributed by atoms with Gasteiger partial charge in [-0.05, 0) is 37.3 Å². The molecule has 4 aromatic rings. The van der Waals surface area contributed by atoms with E-state index in [2.05, 4.69) is 25.3 Å². The molecular formula is C22H16FN5. The highest BCUT2D eigenvalue weighted by Crippen LogP contribution is 2.31. The van der Waals surface area contributed by atoms with Gasteiger partial charge in [-0.25, -0.2) is 4.39 Å².